The third-order valence-corrected chi connectivity index (χ3v) is 4.82. The van der Waals surface area contributed by atoms with E-state index in [-0.39, 0.29) is 18.7 Å². The van der Waals surface area contributed by atoms with Crippen LogP contribution >= 0.6 is 0 Å². The lowest BCUT2D eigenvalue weighted by molar-refractivity contribution is -0.157. The van der Waals surface area contributed by atoms with Crippen LogP contribution in [-0.4, -0.2) is 28.5 Å². The van der Waals surface area contributed by atoms with E-state index in [1.54, 1.807) is 0 Å². The molecule has 5 nitrogen and oxygen atoms in total. The van der Waals surface area contributed by atoms with Crippen molar-refractivity contribution in [3.05, 3.63) is 23.1 Å². The lowest BCUT2D eigenvalue weighted by atomic mass is 9.72. The zero-order valence-electron chi connectivity index (χ0n) is 13.7. The van der Waals surface area contributed by atoms with Crippen LogP contribution in [0.3, 0.4) is 0 Å². The first-order valence-electron chi connectivity index (χ1n) is 7.54. The summed E-state index contributed by atoms with van der Waals surface area (Å²) in [6.45, 7) is 7.24. The molecule has 0 bridgehead atoms. The van der Waals surface area contributed by atoms with Crippen LogP contribution in [0.25, 0.3) is 0 Å². The number of nitrogens with zero attached hydrogens (tertiary/aromatic N) is 2. The second-order valence-electron chi connectivity index (χ2n) is 7.09. The van der Waals surface area contributed by atoms with Crippen LogP contribution in [-0.2, 0) is 15.5 Å². The van der Waals surface area contributed by atoms with Crippen LogP contribution in [0.1, 0.15) is 58.2 Å². The fraction of sp³-hybridized carbons (Fsp3) is 0.714. The van der Waals surface area contributed by atoms with E-state index in [4.69, 9.17) is 9.31 Å². The van der Waals surface area contributed by atoms with Gasteiger partial charge in [0.05, 0.1) is 11.2 Å². The van der Waals surface area contributed by atoms with Crippen molar-refractivity contribution in [2.75, 3.05) is 0 Å². The fourth-order valence-corrected chi connectivity index (χ4v) is 2.53. The van der Waals surface area contributed by atoms with Crippen LogP contribution in [0.15, 0.2) is 15.7 Å². The lowest BCUT2D eigenvalue weighted by Crippen LogP contribution is -2.41. The van der Waals surface area contributed by atoms with Crippen molar-refractivity contribution in [3.8, 4) is 0 Å². The molecule has 1 aromatic rings. The molecule has 0 aromatic carbocycles. The predicted octanol–water partition coefficient (Wildman–Crippen LogP) is 3.82. The van der Waals surface area contributed by atoms with Crippen molar-refractivity contribution < 1.29 is 31.3 Å². The molecule has 132 valence electrons. The van der Waals surface area contributed by atoms with Crippen molar-refractivity contribution in [2.24, 2.45) is 0 Å². The summed E-state index contributed by atoms with van der Waals surface area (Å²) in [5, 5.41) is 6.37. The van der Waals surface area contributed by atoms with Crippen molar-refractivity contribution in [1.29, 1.82) is 0 Å². The second-order valence-corrected chi connectivity index (χ2v) is 7.09. The topological polar surface area (TPSA) is 57.4 Å². The van der Waals surface area contributed by atoms with Crippen LogP contribution < -0.4 is 0 Å². The molecular weight excluding hydrogens is 331 g/mol. The van der Waals surface area contributed by atoms with Gasteiger partial charge in [-0.3, -0.25) is 0 Å². The van der Waals surface area contributed by atoms with E-state index in [1.165, 1.54) is 0 Å². The highest BCUT2D eigenvalue weighted by molar-refractivity contribution is 6.53. The van der Waals surface area contributed by atoms with Gasteiger partial charge >= 0.3 is 19.2 Å². The molecule has 1 aromatic heterocycles. The summed E-state index contributed by atoms with van der Waals surface area (Å²) in [4.78, 5) is 0. The molecule has 0 N–H and O–H groups in total. The summed E-state index contributed by atoms with van der Waals surface area (Å²) >= 11 is 0. The minimum atomic E-state index is -4.68. The minimum absolute atomic E-state index is 0.132. The molecular formula is C14H17BF4N2O3. The molecule has 0 amide bonds. The Balaban J connectivity index is 1.68. The van der Waals surface area contributed by atoms with Gasteiger partial charge in [-0.15, -0.1) is 10.2 Å². The highest BCUT2D eigenvalue weighted by Gasteiger charge is 2.54. The van der Waals surface area contributed by atoms with Gasteiger partial charge in [-0.2, -0.15) is 13.2 Å². The van der Waals surface area contributed by atoms with Crippen molar-refractivity contribution in [2.45, 2.75) is 63.8 Å². The third-order valence-electron chi connectivity index (χ3n) is 4.82. The van der Waals surface area contributed by atoms with E-state index in [1.807, 2.05) is 27.7 Å². The quantitative estimate of drug-likeness (QED) is 0.601. The SMILES string of the molecule is CC1(C)OB(C(F)=C2CC(c3nnc(C(F)(F)F)o3)C2)OC1(C)C. The van der Waals surface area contributed by atoms with Crippen molar-refractivity contribution >= 4 is 7.12 Å². The smallest absolute Gasteiger partial charge is 0.417 e. The molecule has 0 spiro atoms. The van der Waals surface area contributed by atoms with Gasteiger partial charge in [0.25, 0.3) is 0 Å². The molecule has 1 aliphatic carbocycles. The molecule has 1 saturated carbocycles. The first-order valence-corrected chi connectivity index (χ1v) is 7.54. The molecule has 0 radical (unpaired) electrons. The Morgan fingerprint density at radius 2 is 1.62 bits per heavy atom. The van der Waals surface area contributed by atoms with Gasteiger partial charge in [-0.25, -0.2) is 4.39 Å². The second kappa shape index (κ2) is 5.29. The Bertz CT molecular complexity index is 660. The van der Waals surface area contributed by atoms with Gasteiger partial charge in [-0.1, -0.05) is 0 Å². The lowest BCUT2D eigenvalue weighted by Gasteiger charge is -2.32. The summed E-state index contributed by atoms with van der Waals surface area (Å²) in [6, 6.07) is 0. The molecule has 2 fully saturated rings. The first kappa shape index (κ1) is 17.4. The first-order chi connectivity index (χ1) is 10.9. The molecule has 1 saturated heterocycles. The van der Waals surface area contributed by atoms with E-state index in [0.717, 1.165) is 0 Å². The van der Waals surface area contributed by atoms with E-state index in [2.05, 4.69) is 14.6 Å². The zero-order chi connectivity index (χ0) is 17.9. The number of aromatic nitrogens is 2. The Hall–Kier alpha value is -1.42. The number of halogens is 4. The molecule has 24 heavy (non-hydrogen) atoms. The molecule has 2 aliphatic rings. The summed E-state index contributed by atoms with van der Waals surface area (Å²) in [7, 11) is -1.10. The number of hydrogen-bond donors (Lipinski definition) is 0. The normalized spacial score (nSPS) is 25.8. The average molecular weight is 348 g/mol. The Morgan fingerprint density at radius 3 is 2.08 bits per heavy atom. The molecule has 2 heterocycles. The zero-order valence-corrected chi connectivity index (χ0v) is 13.7. The van der Waals surface area contributed by atoms with E-state index < -0.39 is 42.0 Å². The summed E-state index contributed by atoms with van der Waals surface area (Å²) < 4.78 is 67.7. The largest absolute Gasteiger partial charge is 0.525 e. The Labute approximate surface area is 136 Å². The maximum absolute atomic E-state index is 14.5. The van der Waals surface area contributed by atoms with Crippen LogP contribution in [0, 0.1) is 0 Å². The summed E-state index contributed by atoms with van der Waals surface area (Å²) in [5.74, 6) is -1.94. The van der Waals surface area contributed by atoms with Gasteiger partial charge in [0, 0.05) is 5.92 Å². The molecule has 1 aliphatic heterocycles. The standard InChI is InChI=1S/C14H17BF4N2O3/c1-12(2)13(3,4)24-15(23-12)9(16)7-5-8(6-7)10-20-21-11(22-10)14(17,18)19/h8H,5-6H2,1-4H3. The number of hydrogen-bond acceptors (Lipinski definition) is 5. The summed E-state index contributed by atoms with van der Waals surface area (Å²) in [6.07, 6.45) is -4.27. The predicted molar refractivity (Wildman–Crippen MR) is 75.5 cm³/mol. The monoisotopic (exact) mass is 348 g/mol. The van der Waals surface area contributed by atoms with Gasteiger partial charge in [0.2, 0.25) is 5.89 Å². The minimum Gasteiger partial charge on any atom is -0.417 e. The number of alkyl halides is 3. The van der Waals surface area contributed by atoms with Crippen LogP contribution in [0.2, 0.25) is 0 Å². The number of allylic oxidation sites excluding steroid dienone is 1. The Morgan fingerprint density at radius 1 is 1.08 bits per heavy atom. The number of rotatable bonds is 2. The van der Waals surface area contributed by atoms with Crippen LogP contribution in [0.4, 0.5) is 17.6 Å². The highest BCUT2D eigenvalue weighted by atomic mass is 19.4. The molecule has 0 unspecified atom stereocenters. The van der Waals surface area contributed by atoms with Gasteiger partial charge < -0.3 is 13.7 Å². The highest BCUT2D eigenvalue weighted by Crippen LogP contribution is 2.46. The molecule has 10 heteroatoms. The van der Waals surface area contributed by atoms with Gasteiger partial charge in [0.15, 0.2) is 0 Å². The van der Waals surface area contributed by atoms with E-state index in [0.29, 0.717) is 5.57 Å². The van der Waals surface area contributed by atoms with Gasteiger partial charge in [0.1, 0.15) is 5.73 Å². The Kier molecular flexibility index (Phi) is 3.84. The summed E-state index contributed by atoms with van der Waals surface area (Å²) in [5.41, 5.74) is -1.41. The maximum atomic E-state index is 14.5. The third kappa shape index (κ3) is 2.86. The average Bonchev–Trinajstić information content (AvgIpc) is 2.91. The molecule has 3 rings (SSSR count). The van der Waals surface area contributed by atoms with Crippen LogP contribution in [0.5, 0.6) is 0 Å². The molecule has 0 atom stereocenters. The van der Waals surface area contributed by atoms with Crippen molar-refractivity contribution in [3.63, 3.8) is 0 Å². The van der Waals surface area contributed by atoms with Crippen molar-refractivity contribution in [1.82, 2.24) is 10.2 Å². The van der Waals surface area contributed by atoms with E-state index in [9.17, 15) is 17.6 Å². The van der Waals surface area contributed by atoms with E-state index >= 15 is 0 Å². The van der Waals surface area contributed by atoms with Gasteiger partial charge in [-0.05, 0) is 46.1 Å². The fourth-order valence-electron chi connectivity index (χ4n) is 2.53. The maximum Gasteiger partial charge on any atom is 0.525 e.